The zero-order valence-corrected chi connectivity index (χ0v) is 19.6. The fourth-order valence-electron chi connectivity index (χ4n) is 3.98. The summed E-state index contributed by atoms with van der Waals surface area (Å²) >= 11 is 1.34. The van der Waals surface area contributed by atoms with Crippen molar-refractivity contribution in [3.05, 3.63) is 101 Å². The summed E-state index contributed by atoms with van der Waals surface area (Å²) in [5, 5.41) is 15.7. The van der Waals surface area contributed by atoms with Crippen LogP contribution in [0.2, 0.25) is 0 Å². The van der Waals surface area contributed by atoms with Gasteiger partial charge in [0.15, 0.2) is 0 Å². The van der Waals surface area contributed by atoms with Gasteiger partial charge in [-0.1, -0.05) is 90.6 Å². The lowest BCUT2D eigenvalue weighted by atomic mass is 9.88. The van der Waals surface area contributed by atoms with Gasteiger partial charge in [-0.3, -0.25) is 4.79 Å². The maximum atomic E-state index is 12.6. The van der Waals surface area contributed by atoms with Gasteiger partial charge in [-0.25, -0.2) is 0 Å². The highest BCUT2D eigenvalue weighted by Gasteiger charge is 2.16. The SMILES string of the molecule is Cc1cccc(C)c1-n1nnnc1SCC(=O)NCCC(c1ccccc1)c1ccccc1. The van der Waals surface area contributed by atoms with Gasteiger partial charge in [0.1, 0.15) is 0 Å². The van der Waals surface area contributed by atoms with Crippen molar-refractivity contribution in [2.24, 2.45) is 0 Å². The predicted molar refractivity (Wildman–Crippen MR) is 132 cm³/mol. The Kier molecular flexibility index (Phi) is 7.52. The van der Waals surface area contributed by atoms with E-state index in [4.69, 9.17) is 0 Å². The molecule has 0 spiro atoms. The van der Waals surface area contributed by atoms with Crippen molar-refractivity contribution in [3.8, 4) is 5.69 Å². The van der Waals surface area contributed by atoms with Crippen molar-refractivity contribution in [1.82, 2.24) is 25.5 Å². The number of rotatable bonds is 9. The van der Waals surface area contributed by atoms with Crippen LogP contribution in [0, 0.1) is 13.8 Å². The smallest absolute Gasteiger partial charge is 0.230 e. The average molecular weight is 458 g/mol. The second-order valence-electron chi connectivity index (χ2n) is 7.91. The van der Waals surface area contributed by atoms with Crippen molar-refractivity contribution >= 4 is 17.7 Å². The second-order valence-corrected chi connectivity index (χ2v) is 8.86. The normalized spacial score (nSPS) is 11.0. The highest BCUT2D eigenvalue weighted by molar-refractivity contribution is 7.99. The van der Waals surface area contributed by atoms with E-state index in [2.05, 4.69) is 69.4 Å². The number of tetrazole rings is 1. The summed E-state index contributed by atoms with van der Waals surface area (Å²) < 4.78 is 1.71. The van der Waals surface area contributed by atoms with Crippen LogP contribution in [-0.4, -0.2) is 38.4 Å². The van der Waals surface area contributed by atoms with Crippen molar-refractivity contribution in [2.45, 2.75) is 31.3 Å². The lowest BCUT2D eigenvalue weighted by molar-refractivity contribution is -0.118. The van der Waals surface area contributed by atoms with Crippen LogP contribution in [0.25, 0.3) is 5.69 Å². The van der Waals surface area contributed by atoms with Gasteiger partial charge in [-0.15, -0.1) is 5.10 Å². The number of thioether (sulfide) groups is 1. The molecular weight excluding hydrogens is 430 g/mol. The Morgan fingerprint density at radius 2 is 1.52 bits per heavy atom. The predicted octanol–water partition coefficient (Wildman–Crippen LogP) is 4.71. The largest absolute Gasteiger partial charge is 0.355 e. The molecule has 1 N–H and O–H groups in total. The van der Waals surface area contributed by atoms with Gasteiger partial charge in [-0.05, 0) is 52.9 Å². The third kappa shape index (κ3) is 5.68. The van der Waals surface area contributed by atoms with Crippen LogP contribution in [0.15, 0.2) is 84.0 Å². The molecule has 33 heavy (non-hydrogen) atoms. The van der Waals surface area contributed by atoms with Crippen LogP contribution >= 0.6 is 11.8 Å². The van der Waals surface area contributed by atoms with E-state index in [1.165, 1.54) is 22.9 Å². The van der Waals surface area contributed by atoms with Crippen LogP contribution in [0.3, 0.4) is 0 Å². The average Bonchev–Trinajstić information content (AvgIpc) is 3.30. The third-order valence-corrected chi connectivity index (χ3v) is 6.50. The molecule has 0 aliphatic heterocycles. The Morgan fingerprint density at radius 3 is 2.12 bits per heavy atom. The first kappa shape index (κ1) is 22.7. The summed E-state index contributed by atoms with van der Waals surface area (Å²) in [7, 11) is 0. The summed E-state index contributed by atoms with van der Waals surface area (Å²) in [6.07, 6.45) is 0.824. The molecule has 0 saturated heterocycles. The number of carbonyl (C=O) groups excluding carboxylic acids is 1. The highest BCUT2D eigenvalue weighted by atomic mass is 32.2. The molecule has 4 rings (SSSR count). The maximum absolute atomic E-state index is 12.6. The minimum Gasteiger partial charge on any atom is -0.355 e. The number of hydrogen-bond acceptors (Lipinski definition) is 5. The number of benzene rings is 3. The standard InChI is InChI=1S/C26H27N5OS/c1-19-10-9-11-20(2)25(19)31-26(28-29-30-31)33-18-24(32)27-17-16-23(21-12-5-3-6-13-21)22-14-7-4-8-15-22/h3-15,23H,16-18H2,1-2H3,(H,27,32). The van der Waals surface area contributed by atoms with Gasteiger partial charge in [-0.2, -0.15) is 4.68 Å². The molecule has 1 heterocycles. The van der Waals surface area contributed by atoms with E-state index in [1.807, 2.05) is 44.2 Å². The number of carbonyl (C=O) groups is 1. The number of amides is 1. The summed E-state index contributed by atoms with van der Waals surface area (Å²) in [5.74, 6) is 0.458. The van der Waals surface area contributed by atoms with Crippen LogP contribution in [0.5, 0.6) is 0 Å². The van der Waals surface area contributed by atoms with E-state index < -0.39 is 0 Å². The first-order valence-electron chi connectivity index (χ1n) is 11.0. The van der Waals surface area contributed by atoms with Crippen LogP contribution in [0.1, 0.15) is 34.6 Å². The van der Waals surface area contributed by atoms with Gasteiger partial charge in [0.25, 0.3) is 0 Å². The molecule has 6 nitrogen and oxygen atoms in total. The number of nitrogens with one attached hydrogen (secondary N) is 1. The fraction of sp³-hybridized carbons (Fsp3) is 0.231. The molecule has 0 unspecified atom stereocenters. The minimum absolute atomic E-state index is 0.0315. The molecule has 7 heteroatoms. The van der Waals surface area contributed by atoms with Crippen LogP contribution < -0.4 is 5.32 Å². The lowest BCUT2D eigenvalue weighted by Crippen LogP contribution is -2.27. The maximum Gasteiger partial charge on any atom is 0.230 e. The van der Waals surface area contributed by atoms with E-state index in [-0.39, 0.29) is 17.6 Å². The fourth-order valence-corrected chi connectivity index (χ4v) is 4.69. The summed E-state index contributed by atoms with van der Waals surface area (Å²) in [6, 6.07) is 26.9. The van der Waals surface area contributed by atoms with Crippen molar-refractivity contribution in [1.29, 1.82) is 0 Å². The molecule has 1 amide bonds. The van der Waals surface area contributed by atoms with Crippen LogP contribution in [0.4, 0.5) is 0 Å². The van der Waals surface area contributed by atoms with Gasteiger partial charge in [0, 0.05) is 12.5 Å². The molecule has 3 aromatic carbocycles. The molecule has 0 radical (unpaired) electrons. The molecule has 4 aromatic rings. The van der Waals surface area contributed by atoms with E-state index >= 15 is 0 Å². The van der Waals surface area contributed by atoms with Crippen LogP contribution in [-0.2, 0) is 4.79 Å². The summed E-state index contributed by atoms with van der Waals surface area (Å²) in [6.45, 7) is 4.65. The zero-order chi connectivity index (χ0) is 23.0. The quantitative estimate of drug-likeness (QED) is 0.369. The molecule has 0 atom stereocenters. The molecule has 0 aliphatic rings. The van der Waals surface area contributed by atoms with Crippen molar-refractivity contribution in [2.75, 3.05) is 12.3 Å². The molecule has 0 bridgehead atoms. The monoisotopic (exact) mass is 457 g/mol. The number of nitrogens with zero attached hydrogens (tertiary/aromatic N) is 4. The van der Waals surface area contributed by atoms with Crippen molar-refractivity contribution in [3.63, 3.8) is 0 Å². The molecular formula is C26H27N5OS. The van der Waals surface area contributed by atoms with Gasteiger partial charge < -0.3 is 5.32 Å². The first-order valence-corrected chi connectivity index (χ1v) is 12.0. The van der Waals surface area contributed by atoms with Crippen molar-refractivity contribution < 1.29 is 4.79 Å². The van der Waals surface area contributed by atoms with Gasteiger partial charge in [0.05, 0.1) is 11.4 Å². The first-order chi connectivity index (χ1) is 16.1. The number of hydrogen-bond donors (Lipinski definition) is 1. The Hall–Kier alpha value is -3.45. The summed E-state index contributed by atoms with van der Waals surface area (Å²) in [5.41, 5.74) is 5.63. The second kappa shape index (κ2) is 10.9. The molecule has 0 fully saturated rings. The van der Waals surface area contributed by atoms with E-state index in [0.29, 0.717) is 11.7 Å². The van der Waals surface area contributed by atoms with E-state index in [9.17, 15) is 4.79 Å². The number of aromatic nitrogens is 4. The third-order valence-electron chi connectivity index (χ3n) is 5.58. The molecule has 1 aromatic heterocycles. The van der Waals surface area contributed by atoms with Gasteiger partial charge >= 0.3 is 0 Å². The van der Waals surface area contributed by atoms with Gasteiger partial charge in [0.2, 0.25) is 11.1 Å². The highest BCUT2D eigenvalue weighted by Crippen LogP contribution is 2.27. The number of aryl methyl sites for hydroxylation is 2. The Balaban J connectivity index is 1.35. The topological polar surface area (TPSA) is 72.7 Å². The Morgan fingerprint density at radius 1 is 0.909 bits per heavy atom. The Labute approximate surface area is 198 Å². The molecule has 168 valence electrons. The molecule has 0 aliphatic carbocycles. The van der Waals surface area contributed by atoms with E-state index in [0.717, 1.165) is 23.2 Å². The lowest BCUT2D eigenvalue weighted by Gasteiger charge is -2.18. The zero-order valence-electron chi connectivity index (χ0n) is 18.8. The Bertz CT molecular complexity index is 1130. The molecule has 0 saturated carbocycles. The minimum atomic E-state index is -0.0315. The number of para-hydroxylation sites is 1. The summed E-state index contributed by atoms with van der Waals surface area (Å²) in [4.78, 5) is 12.6. The van der Waals surface area contributed by atoms with E-state index in [1.54, 1.807) is 4.68 Å².